The zero-order valence-corrected chi connectivity index (χ0v) is 33.8. The maximum Gasteiger partial charge on any atom is 0.227 e. The monoisotopic (exact) mass is 738 g/mol. The molecule has 2 fully saturated rings. The Balaban J connectivity index is 1.83. The third-order valence-electron chi connectivity index (χ3n) is 11.6. The number of carbonyl (C=O) groups is 2. The van der Waals surface area contributed by atoms with Gasteiger partial charge in [-0.15, -0.1) is 0 Å². The van der Waals surface area contributed by atoms with E-state index in [9.17, 15) is 24.9 Å². The van der Waals surface area contributed by atoms with Gasteiger partial charge in [-0.3, -0.25) is 20.2 Å². The highest BCUT2D eigenvalue weighted by molar-refractivity contribution is 5.84. The fourth-order valence-electron chi connectivity index (χ4n) is 8.11. The van der Waals surface area contributed by atoms with Crippen molar-refractivity contribution in [2.75, 3.05) is 13.1 Å². The van der Waals surface area contributed by atoms with Crippen LogP contribution in [0.3, 0.4) is 0 Å². The number of nitrogens with two attached hydrogens (primary N) is 1. The van der Waals surface area contributed by atoms with Crippen LogP contribution in [0.1, 0.15) is 213 Å². The molecule has 0 aromatic carbocycles. The highest BCUT2D eigenvalue weighted by Crippen LogP contribution is 2.33. The van der Waals surface area contributed by atoms with Crippen molar-refractivity contribution in [3.8, 4) is 0 Å². The van der Waals surface area contributed by atoms with E-state index in [-0.39, 0.29) is 37.1 Å². The second-order valence-electron chi connectivity index (χ2n) is 16.3. The van der Waals surface area contributed by atoms with E-state index in [0.717, 1.165) is 51.5 Å². The number of ether oxygens (including phenoxy) is 1. The van der Waals surface area contributed by atoms with Gasteiger partial charge in [0.1, 0.15) is 18.3 Å². The molecule has 2 rings (SSSR count). The number of nitrogens with one attached hydrogen (secondary N) is 1. The quantitative estimate of drug-likeness (QED) is 0.0333. The average molecular weight is 738 g/mol. The molecule has 6 N–H and O–H groups in total. The van der Waals surface area contributed by atoms with E-state index in [2.05, 4.69) is 19.2 Å². The summed E-state index contributed by atoms with van der Waals surface area (Å²) in [7, 11) is 0. The summed E-state index contributed by atoms with van der Waals surface area (Å²) in [5.74, 6) is -2.37. The number of hydrogen-bond acceptors (Lipinski definition) is 8. The summed E-state index contributed by atoms with van der Waals surface area (Å²) in [6, 6.07) is -0.323. The minimum Gasteiger partial charge on any atom is -0.388 e. The number of Topliss-reactive ketones (excluding diaryl/α,β-unsaturated/α-hetero) is 1. The number of hydrogen-bond donors (Lipinski definition) is 5. The molecule has 0 bridgehead atoms. The van der Waals surface area contributed by atoms with Gasteiger partial charge in [-0.05, 0) is 32.2 Å². The van der Waals surface area contributed by atoms with Gasteiger partial charge in [0, 0.05) is 19.4 Å². The van der Waals surface area contributed by atoms with Crippen LogP contribution in [0.4, 0.5) is 0 Å². The Morgan fingerprint density at radius 2 is 1.08 bits per heavy atom. The standard InChI is InChI=1S/C43H83N3O6/c1-3-5-7-9-11-13-15-17-18-19-20-22-24-26-28-32-39(48)46(34-29-27-25-23-21-16-14-12-10-8-6-4-2)43(44)42(51)41(50)40(49)38(52-43)35-37(47)36-31-30-33-45-36/h36,38,40-42,45,49-51H,3-35,44H2,1-2H3/t36-,38+,40+,41-,42+,43-/m0/s1. The van der Waals surface area contributed by atoms with Crippen LogP contribution in [-0.2, 0) is 14.3 Å². The van der Waals surface area contributed by atoms with Crippen molar-refractivity contribution in [2.24, 2.45) is 5.73 Å². The van der Waals surface area contributed by atoms with Crippen LogP contribution in [0.5, 0.6) is 0 Å². The Morgan fingerprint density at radius 3 is 1.50 bits per heavy atom. The van der Waals surface area contributed by atoms with E-state index in [1.807, 2.05) is 0 Å². The number of carbonyl (C=O) groups excluding carboxylic acids is 2. The Labute approximate surface area is 319 Å². The Bertz CT molecular complexity index is 902. The molecule has 0 aromatic rings. The topological polar surface area (TPSA) is 145 Å². The molecule has 9 nitrogen and oxygen atoms in total. The summed E-state index contributed by atoms with van der Waals surface area (Å²) in [6.45, 7) is 5.56. The number of aliphatic hydroxyl groups is 3. The number of ketones is 1. The van der Waals surface area contributed by atoms with Gasteiger partial charge in [-0.2, -0.15) is 0 Å². The molecule has 306 valence electrons. The summed E-state index contributed by atoms with van der Waals surface area (Å²) < 4.78 is 6.14. The molecule has 0 aromatic heterocycles. The molecule has 6 atom stereocenters. The van der Waals surface area contributed by atoms with Crippen LogP contribution in [0.25, 0.3) is 0 Å². The molecule has 0 saturated carbocycles. The van der Waals surface area contributed by atoms with E-state index in [1.54, 1.807) is 0 Å². The maximum absolute atomic E-state index is 13.8. The second-order valence-corrected chi connectivity index (χ2v) is 16.3. The lowest BCUT2D eigenvalue weighted by Crippen LogP contribution is -2.76. The number of aliphatic hydroxyl groups excluding tert-OH is 3. The van der Waals surface area contributed by atoms with Crippen LogP contribution in [0.15, 0.2) is 0 Å². The van der Waals surface area contributed by atoms with Crippen LogP contribution < -0.4 is 11.1 Å². The van der Waals surface area contributed by atoms with Crippen molar-refractivity contribution in [3.63, 3.8) is 0 Å². The van der Waals surface area contributed by atoms with Crippen LogP contribution in [-0.4, -0.2) is 81.3 Å². The predicted molar refractivity (Wildman–Crippen MR) is 213 cm³/mol. The van der Waals surface area contributed by atoms with Crippen LogP contribution in [0.2, 0.25) is 0 Å². The van der Waals surface area contributed by atoms with E-state index < -0.39 is 30.3 Å². The van der Waals surface area contributed by atoms with Gasteiger partial charge in [0.15, 0.2) is 5.78 Å². The third-order valence-corrected chi connectivity index (χ3v) is 11.6. The minimum atomic E-state index is -2.03. The number of nitrogens with zero attached hydrogens (tertiary/aromatic N) is 1. The lowest BCUT2D eigenvalue weighted by Gasteiger charge is -2.51. The third kappa shape index (κ3) is 18.5. The molecule has 1 amide bonds. The number of amides is 1. The smallest absolute Gasteiger partial charge is 0.227 e. The van der Waals surface area contributed by atoms with E-state index in [1.165, 1.54) is 133 Å². The molecule has 9 heteroatoms. The number of rotatable bonds is 33. The van der Waals surface area contributed by atoms with Crippen molar-refractivity contribution in [1.29, 1.82) is 0 Å². The number of unbranched alkanes of at least 4 members (excludes halogenated alkanes) is 25. The average Bonchev–Trinajstić information content (AvgIpc) is 3.69. The molecule has 2 heterocycles. The Kier molecular flexibility index (Phi) is 26.4. The molecule has 2 saturated heterocycles. The van der Waals surface area contributed by atoms with E-state index >= 15 is 0 Å². The molecule has 0 spiro atoms. The van der Waals surface area contributed by atoms with Gasteiger partial charge in [-0.25, -0.2) is 0 Å². The van der Waals surface area contributed by atoms with E-state index in [4.69, 9.17) is 10.5 Å². The first-order valence-electron chi connectivity index (χ1n) is 22.3. The van der Waals surface area contributed by atoms with Crippen LogP contribution in [0, 0.1) is 0 Å². The summed E-state index contributed by atoms with van der Waals surface area (Å²) in [6.07, 6.45) is 28.6. The van der Waals surface area contributed by atoms with Gasteiger partial charge >= 0.3 is 0 Å². The summed E-state index contributed by atoms with van der Waals surface area (Å²) >= 11 is 0. The van der Waals surface area contributed by atoms with Gasteiger partial charge in [0.25, 0.3) is 0 Å². The molecule has 52 heavy (non-hydrogen) atoms. The molecule has 2 aliphatic heterocycles. The molecule has 0 unspecified atom stereocenters. The van der Waals surface area contributed by atoms with Gasteiger partial charge in [-0.1, -0.05) is 174 Å². The first kappa shape index (κ1) is 47.1. The Hall–Kier alpha value is -1.10. The first-order chi connectivity index (χ1) is 25.3. The first-order valence-corrected chi connectivity index (χ1v) is 22.3. The van der Waals surface area contributed by atoms with Crippen molar-refractivity contribution < 1.29 is 29.6 Å². The lowest BCUT2D eigenvalue weighted by atomic mass is 9.90. The van der Waals surface area contributed by atoms with Gasteiger partial charge in [0.2, 0.25) is 11.8 Å². The van der Waals surface area contributed by atoms with E-state index in [0.29, 0.717) is 12.8 Å². The normalized spacial score (nSPS) is 24.8. The fourth-order valence-corrected chi connectivity index (χ4v) is 8.11. The summed E-state index contributed by atoms with van der Waals surface area (Å²) in [5.41, 5.74) is 6.75. The Morgan fingerprint density at radius 1 is 0.654 bits per heavy atom. The molecular formula is C43H83N3O6. The highest BCUT2D eigenvalue weighted by Gasteiger charge is 2.56. The summed E-state index contributed by atoms with van der Waals surface area (Å²) in [5, 5.41) is 36.1. The summed E-state index contributed by atoms with van der Waals surface area (Å²) in [4.78, 5) is 28.2. The SMILES string of the molecule is CCCCCCCCCCCCCCCCCC(=O)N(CCCCCCCCCCCCCC)[C@]1(N)O[C@H](CC(=O)[C@@H]2CCCN2)[C@@H](O)[C@H](O)[C@H]1O. The zero-order valence-electron chi connectivity index (χ0n) is 33.8. The van der Waals surface area contributed by atoms with Gasteiger partial charge < -0.3 is 25.4 Å². The fraction of sp³-hybridized carbons (Fsp3) is 0.953. The lowest BCUT2D eigenvalue weighted by molar-refractivity contribution is -0.309. The largest absolute Gasteiger partial charge is 0.388 e. The molecular weight excluding hydrogens is 654 g/mol. The van der Waals surface area contributed by atoms with Crippen molar-refractivity contribution in [1.82, 2.24) is 10.2 Å². The predicted octanol–water partition coefficient (Wildman–Crippen LogP) is 8.58. The van der Waals surface area contributed by atoms with Crippen LogP contribution >= 0.6 is 0 Å². The second kappa shape index (κ2) is 29.2. The highest BCUT2D eigenvalue weighted by atomic mass is 16.6. The molecule has 2 aliphatic rings. The minimum absolute atomic E-state index is 0.121. The maximum atomic E-state index is 13.8. The molecule has 0 radical (unpaired) electrons. The molecule has 0 aliphatic carbocycles. The van der Waals surface area contributed by atoms with Crippen molar-refractivity contribution in [2.45, 2.75) is 249 Å². The zero-order chi connectivity index (χ0) is 37.9. The van der Waals surface area contributed by atoms with Crippen molar-refractivity contribution >= 4 is 11.7 Å². The van der Waals surface area contributed by atoms with Gasteiger partial charge in [0.05, 0.1) is 12.1 Å². The van der Waals surface area contributed by atoms with Crippen molar-refractivity contribution in [3.05, 3.63) is 0 Å².